The molecule has 90 valence electrons. The molecule has 1 heterocycles. The highest BCUT2D eigenvalue weighted by Crippen LogP contribution is 2.33. The zero-order chi connectivity index (χ0) is 12.3. The van der Waals surface area contributed by atoms with Gasteiger partial charge in [0.05, 0.1) is 11.3 Å². The summed E-state index contributed by atoms with van der Waals surface area (Å²) in [6.07, 6.45) is -3.63. The highest BCUT2D eigenvalue weighted by atomic mass is 19.4. The molecule has 0 saturated heterocycles. The quantitative estimate of drug-likeness (QED) is 0.872. The monoisotopic (exact) mass is 233 g/mol. The maximum absolute atomic E-state index is 12.5. The SMILES string of the molecule is CCN(CC)c1cc(C(F)(F)F)cnc1N. The van der Waals surface area contributed by atoms with E-state index in [-0.39, 0.29) is 5.82 Å². The number of nitrogen functional groups attached to an aromatic ring is 1. The number of hydrogen-bond acceptors (Lipinski definition) is 3. The van der Waals surface area contributed by atoms with Gasteiger partial charge in [0.2, 0.25) is 0 Å². The Hall–Kier alpha value is -1.46. The molecule has 0 radical (unpaired) electrons. The third-order valence-corrected chi connectivity index (χ3v) is 2.33. The van der Waals surface area contributed by atoms with Crippen LogP contribution in [0.3, 0.4) is 0 Å². The van der Waals surface area contributed by atoms with Crippen LogP contribution in [0.2, 0.25) is 0 Å². The van der Waals surface area contributed by atoms with E-state index in [2.05, 4.69) is 4.98 Å². The number of nitrogens with zero attached hydrogens (tertiary/aromatic N) is 2. The van der Waals surface area contributed by atoms with Gasteiger partial charge in [0.15, 0.2) is 0 Å². The van der Waals surface area contributed by atoms with Gasteiger partial charge in [0.25, 0.3) is 0 Å². The van der Waals surface area contributed by atoms with Crippen molar-refractivity contribution < 1.29 is 13.2 Å². The van der Waals surface area contributed by atoms with Crippen molar-refractivity contribution in [1.29, 1.82) is 0 Å². The van der Waals surface area contributed by atoms with Gasteiger partial charge in [-0.25, -0.2) is 4.98 Å². The molecular formula is C10H14F3N3. The first-order chi connectivity index (χ1) is 7.40. The van der Waals surface area contributed by atoms with Crippen molar-refractivity contribution >= 4 is 11.5 Å². The molecule has 0 aliphatic heterocycles. The Bertz CT molecular complexity index is 359. The lowest BCUT2D eigenvalue weighted by Gasteiger charge is -2.23. The third kappa shape index (κ3) is 2.56. The van der Waals surface area contributed by atoms with Crippen LogP contribution in [0.5, 0.6) is 0 Å². The third-order valence-electron chi connectivity index (χ3n) is 2.33. The molecule has 0 bridgehead atoms. The van der Waals surface area contributed by atoms with Gasteiger partial charge in [-0.1, -0.05) is 0 Å². The van der Waals surface area contributed by atoms with E-state index in [0.717, 1.165) is 12.3 Å². The van der Waals surface area contributed by atoms with Crippen LogP contribution >= 0.6 is 0 Å². The fourth-order valence-corrected chi connectivity index (χ4v) is 1.44. The second-order valence-corrected chi connectivity index (χ2v) is 3.30. The standard InChI is InChI=1S/C10H14F3N3/c1-3-16(4-2)8-5-7(10(11,12)13)6-15-9(8)14/h5-6H,3-4H2,1-2H3,(H2,14,15). The highest BCUT2D eigenvalue weighted by Gasteiger charge is 2.32. The molecule has 0 fully saturated rings. The number of pyridine rings is 1. The maximum atomic E-state index is 12.5. The summed E-state index contributed by atoms with van der Waals surface area (Å²) in [5.74, 6) is 0.122. The van der Waals surface area contributed by atoms with E-state index in [1.54, 1.807) is 4.90 Å². The first kappa shape index (κ1) is 12.6. The van der Waals surface area contributed by atoms with Gasteiger partial charge in [0.1, 0.15) is 5.82 Å². The molecule has 6 heteroatoms. The maximum Gasteiger partial charge on any atom is 0.417 e. The van der Waals surface area contributed by atoms with Gasteiger partial charge in [-0.2, -0.15) is 13.2 Å². The molecule has 0 amide bonds. The zero-order valence-electron chi connectivity index (χ0n) is 9.17. The van der Waals surface area contributed by atoms with E-state index in [9.17, 15) is 13.2 Å². The number of aromatic nitrogens is 1. The van der Waals surface area contributed by atoms with Crippen LogP contribution in [0.4, 0.5) is 24.7 Å². The summed E-state index contributed by atoms with van der Waals surface area (Å²) < 4.78 is 37.4. The Balaban J connectivity index is 3.18. The molecule has 0 aliphatic rings. The Morgan fingerprint density at radius 2 is 1.88 bits per heavy atom. The average molecular weight is 233 g/mol. The van der Waals surface area contributed by atoms with Crippen LogP contribution in [0.1, 0.15) is 19.4 Å². The summed E-state index contributed by atoms with van der Waals surface area (Å²) >= 11 is 0. The number of halogens is 3. The molecule has 0 aliphatic carbocycles. The van der Waals surface area contributed by atoms with Gasteiger partial charge in [-0.3, -0.25) is 0 Å². The molecule has 0 saturated carbocycles. The first-order valence-corrected chi connectivity index (χ1v) is 4.97. The number of hydrogen-bond donors (Lipinski definition) is 1. The smallest absolute Gasteiger partial charge is 0.382 e. The summed E-state index contributed by atoms with van der Waals surface area (Å²) in [4.78, 5) is 5.31. The van der Waals surface area contributed by atoms with E-state index in [1.807, 2.05) is 13.8 Å². The fraction of sp³-hybridized carbons (Fsp3) is 0.500. The predicted molar refractivity (Wildman–Crippen MR) is 57.2 cm³/mol. The predicted octanol–water partition coefficient (Wildman–Crippen LogP) is 2.53. The molecular weight excluding hydrogens is 219 g/mol. The molecule has 1 aromatic heterocycles. The molecule has 0 spiro atoms. The van der Waals surface area contributed by atoms with Gasteiger partial charge in [0, 0.05) is 19.3 Å². The van der Waals surface area contributed by atoms with Crippen LogP contribution in [-0.4, -0.2) is 18.1 Å². The van der Waals surface area contributed by atoms with Crippen LogP contribution in [0.15, 0.2) is 12.3 Å². The largest absolute Gasteiger partial charge is 0.417 e. The van der Waals surface area contributed by atoms with E-state index >= 15 is 0 Å². The molecule has 0 atom stereocenters. The Kier molecular flexibility index (Phi) is 3.62. The van der Waals surface area contributed by atoms with E-state index in [4.69, 9.17) is 5.73 Å². The molecule has 0 aromatic carbocycles. The van der Waals surface area contributed by atoms with Gasteiger partial charge < -0.3 is 10.6 Å². The second-order valence-electron chi connectivity index (χ2n) is 3.30. The summed E-state index contributed by atoms with van der Waals surface area (Å²) in [5, 5.41) is 0. The molecule has 1 aromatic rings. The van der Waals surface area contributed by atoms with Crippen LogP contribution in [0.25, 0.3) is 0 Å². The van der Waals surface area contributed by atoms with Gasteiger partial charge in [-0.15, -0.1) is 0 Å². The molecule has 1 rings (SSSR count). The van der Waals surface area contributed by atoms with Crippen molar-refractivity contribution in [3.05, 3.63) is 17.8 Å². The lowest BCUT2D eigenvalue weighted by Crippen LogP contribution is -2.24. The number of anilines is 2. The van der Waals surface area contributed by atoms with Crippen molar-refractivity contribution in [2.75, 3.05) is 23.7 Å². The second kappa shape index (κ2) is 4.59. The minimum absolute atomic E-state index is 0.122. The Morgan fingerprint density at radius 1 is 1.31 bits per heavy atom. The lowest BCUT2D eigenvalue weighted by molar-refractivity contribution is -0.137. The Labute approximate surface area is 92.1 Å². The lowest BCUT2D eigenvalue weighted by atomic mass is 10.2. The van der Waals surface area contributed by atoms with Crippen LogP contribution in [0, 0.1) is 0 Å². The minimum atomic E-state index is -4.39. The summed E-state index contributed by atoms with van der Waals surface area (Å²) in [5.41, 5.74) is 5.12. The first-order valence-electron chi connectivity index (χ1n) is 4.97. The topological polar surface area (TPSA) is 42.2 Å². The van der Waals surface area contributed by atoms with E-state index in [1.165, 1.54) is 0 Å². The number of nitrogens with two attached hydrogens (primary N) is 1. The molecule has 16 heavy (non-hydrogen) atoms. The van der Waals surface area contributed by atoms with Crippen molar-refractivity contribution in [1.82, 2.24) is 4.98 Å². The Morgan fingerprint density at radius 3 is 2.31 bits per heavy atom. The van der Waals surface area contributed by atoms with Gasteiger partial charge in [-0.05, 0) is 19.9 Å². The normalized spacial score (nSPS) is 11.6. The summed E-state index contributed by atoms with van der Waals surface area (Å²) in [6.45, 7) is 4.87. The van der Waals surface area contributed by atoms with Crippen LogP contribution < -0.4 is 10.6 Å². The van der Waals surface area contributed by atoms with Crippen molar-refractivity contribution in [3.63, 3.8) is 0 Å². The highest BCUT2D eigenvalue weighted by molar-refractivity contribution is 5.64. The summed E-state index contributed by atoms with van der Waals surface area (Å²) in [6, 6.07) is 1.04. The fourth-order valence-electron chi connectivity index (χ4n) is 1.44. The van der Waals surface area contributed by atoms with Gasteiger partial charge >= 0.3 is 6.18 Å². The summed E-state index contributed by atoms with van der Waals surface area (Å²) in [7, 11) is 0. The average Bonchev–Trinajstić information content (AvgIpc) is 2.20. The van der Waals surface area contributed by atoms with Crippen molar-refractivity contribution in [2.45, 2.75) is 20.0 Å². The zero-order valence-corrected chi connectivity index (χ0v) is 9.17. The van der Waals surface area contributed by atoms with Crippen molar-refractivity contribution in [2.24, 2.45) is 0 Å². The number of alkyl halides is 3. The number of rotatable bonds is 3. The molecule has 3 nitrogen and oxygen atoms in total. The minimum Gasteiger partial charge on any atom is -0.382 e. The van der Waals surface area contributed by atoms with E-state index in [0.29, 0.717) is 18.8 Å². The molecule has 2 N–H and O–H groups in total. The van der Waals surface area contributed by atoms with E-state index < -0.39 is 11.7 Å². The van der Waals surface area contributed by atoms with Crippen LogP contribution in [-0.2, 0) is 6.18 Å². The molecule has 0 unspecified atom stereocenters. The van der Waals surface area contributed by atoms with Crippen molar-refractivity contribution in [3.8, 4) is 0 Å².